The molecule has 23 heavy (non-hydrogen) atoms. The summed E-state index contributed by atoms with van der Waals surface area (Å²) in [7, 11) is 1.61. The molecule has 1 heterocycles. The molecule has 0 saturated heterocycles. The molecule has 9 heteroatoms. The van der Waals surface area contributed by atoms with Gasteiger partial charge in [-0.15, -0.1) is 12.4 Å². The van der Waals surface area contributed by atoms with Gasteiger partial charge in [-0.2, -0.15) is 5.10 Å². The Morgan fingerprint density at radius 1 is 1.26 bits per heavy atom. The summed E-state index contributed by atoms with van der Waals surface area (Å²) in [5.41, 5.74) is 1.51. The van der Waals surface area contributed by atoms with E-state index in [1.807, 2.05) is 0 Å². The summed E-state index contributed by atoms with van der Waals surface area (Å²) < 4.78 is 4.88. The third-order valence-electron chi connectivity index (χ3n) is 2.79. The van der Waals surface area contributed by atoms with Crippen LogP contribution in [0, 0.1) is 0 Å². The van der Waals surface area contributed by atoms with E-state index < -0.39 is 0 Å². The number of anilines is 1. The molecule has 0 fully saturated rings. The van der Waals surface area contributed by atoms with E-state index in [9.17, 15) is 4.79 Å². The highest BCUT2D eigenvalue weighted by Crippen LogP contribution is 2.27. The van der Waals surface area contributed by atoms with Crippen molar-refractivity contribution in [1.82, 2.24) is 15.5 Å². The highest BCUT2D eigenvalue weighted by Gasteiger charge is 2.08. The van der Waals surface area contributed by atoms with Crippen LogP contribution >= 0.6 is 35.6 Å². The number of ether oxygens (including phenoxy) is 1. The molecule has 0 unspecified atom stereocenters. The lowest BCUT2D eigenvalue weighted by molar-refractivity contribution is -0.115. The lowest BCUT2D eigenvalue weighted by atomic mass is 10.1. The van der Waals surface area contributed by atoms with Crippen LogP contribution in [0.2, 0.25) is 10.0 Å². The van der Waals surface area contributed by atoms with Crippen molar-refractivity contribution in [3.8, 4) is 11.3 Å². The van der Waals surface area contributed by atoms with Crippen LogP contribution in [-0.2, 0) is 9.53 Å². The van der Waals surface area contributed by atoms with Crippen LogP contribution in [0.1, 0.15) is 0 Å². The number of hydrogen-bond acceptors (Lipinski definition) is 4. The summed E-state index contributed by atoms with van der Waals surface area (Å²) in [4.78, 5) is 11.7. The number of nitrogens with one attached hydrogen (secondary N) is 3. The first-order valence-electron chi connectivity index (χ1n) is 6.60. The maximum atomic E-state index is 11.7. The molecule has 0 aliphatic heterocycles. The van der Waals surface area contributed by atoms with Crippen molar-refractivity contribution >= 4 is 47.3 Å². The van der Waals surface area contributed by atoms with Crippen LogP contribution in [-0.4, -0.2) is 42.9 Å². The molecule has 126 valence electrons. The average Bonchev–Trinajstić information content (AvgIpc) is 2.91. The normalized spacial score (nSPS) is 10.2. The van der Waals surface area contributed by atoms with Crippen molar-refractivity contribution < 1.29 is 9.53 Å². The van der Waals surface area contributed by atoms with Crippen molar-refractivity contribution in [1.29, 1.82) is 0 Å². The van der Waals surface area contributed by atoms with E-state index in [0.717, 1.165) is 5.56 Å². The molecule has 0 aliphatic rings. The van der Waals surface area contributed by atoms with Gasteiger partial charge in [-0.05, 0) is 18.2 Å². The minimum Gasteiger partial charge on any atom is -0.383 e. The second kappa shape index (κ2) is 9.75. The van der Waals surface area contributed by atoms with E-state index >= 15 is 0 Å². The minimum atomic E-state index is -0.182. The zero-order chi connectivity index (χ0) is 15.9. The fourth-order valence-corrected chi connectivity index (χ4v) is 2.33. The highest BCUT2D eigenvalue weighted by atomic mass is 35.5. The van der Waals surface area contributed by atoms with Crippen molar-refractivity contribution in [2.45, 2.75) is 0 Å². The van der Waals surface area contributed by atoms with Crippen LogP contribution in [0.15, 0.2) is 24.3 Å². The largest absolute Gasteiger partial charge is 0.383 e. The van der Waals surface area contributed by atoms with Crippen LogP contribution in [0.3, 0.4) is 0 Å². The van der Waals surface area contributed by atoms with Gasteiger partial charge >= 0.3 is 0 Å². The van der Waals surface area contributed by atoms with Gasteiger partial charge < -0.3 is 15.4 Å². The van der Waals surface area contributed by atoms with Gasteiger partial charge in [0.2, 0.25) is 5.91 Å². The van der Waals surface area contributed by atoms with Gasteiger partial charge in [-0.25, -0.2) is 0 Å². The Morgan fingerprint density at radius 2 is 1.96 bits per heavy atom. The quantitative estimate of drug-likeness (QED) is 0.646. The highest BCUT2D eigenvalue weighted by molar-refractivity contribution is 6.35. The molecule has 6 nitrogen and oxygen atoms in total. The van der Waals surface area contributed by atoms with E-state index in [1.54, 1.807) is 31.4 Å². The monoisotopic (exact) mass is 378 g/mol. The first-order chi connectivity index (χ1) is 10.6. The molecule has 0 bridgehead atoms. The van der Waals surface area contributed by atoms with E-state index in [4.69, 9.17) is 27.9 Å². The van der Waals surface area contributed by atoms with Crippen molar-refractivity contribution in [3.63, 3.8) is 0 Å². The molecule has 0 aliphatic carbocycles. The molecule has 1 aromatic heterocycles. The molecule has 0 radical (unpaired) electrons. The number of nitrogens with zero attached hydrogens (tertiary/aromatic N) is 1. The van der Waals surface area contributed by atoms with E-state index in [-0.39, 0.29) is 24.9 Å². The van der Waals surface area contributed by atoms with E-state index in [0.29, 0.717) is 34.7 Å². The predicted molar refractivity (Wildman–Crippen MR) is 94.7 cm³/mol. The summed E-state index contributed by atoms with van der Waals surface area (Å²) in [6.45, 7) is 1.35. The summed E-state index contributed by atoms with van der Waals surface area (Å²) >= 11 is 11.9. The first-order valence-corrected chi connectivity index (χ1v) is 7.35. The molecular formula is C14H17Cl3N4O2. The standard InChI is InChI=1S/C14H16Cl2N4O2.ClH/c1-22-3-2-17-8-14(21)18-13-7-12(19-20-13)9-4-10(15)6-11(16)5-9;/h4-7,17H,2-3,8H2,1H3,(H2,18,19,20,21);1H. The zero-order valence-electron chi connectivity index (χ0n) is 12.4. The Balaban J connectivity index is 0.00000264. The second-order valence-corrected chi connectivity index (χ2v) is 5.42. The number of rotatable bonds is 7. The predicted octanol–water partition coefficient (Wildman–Crippen LogP) is 2.98. The summed E-state index contributed by atoms with van der Waals surface area (Å²) in [5.74, 6) is 0.253. The van der Waals surface area contributed by atoms with E-state index in [2.05, 4.69) is 20.8 Å². The molecule has 1 amide bonds. The van der Waals surface area contributed by atoms with Crippen molar-refractivity contribution in [2.75, 3.05) is 32.1 Å². The lowest BCUT2D eigenvalue weighted by Crippen LogP contribution is -2.30. The Morgan fingerprint density at radius 3 is 2.61 bits per heavy atom. The van der Waals surface area contributed by atoms with Gasteiger partial charge in [0.1, 0.15) is 0 Å². The van der Waals surface area contributed by atoms with Crippen molar-refractivity contribution in [3.05, 3.63) is 34.3 Å². The third-order valence-corrected chi connectivity index (χ3v) is 3.22. The van der Waals surface area contributed by atoms with Crippen LogP contribution < -0.4 is 10.6 Å². The lowest BCUT2D eigenvalue weighted by Gasteiger charge is -2.03. The molecule has 2 aromatic rings. The SMILES string of the molecule is COCCNCC(=O)Nc1cc(-c2cc(Cl)cc(Cl)c2)[nH]n1.Cl. The molecule has 3 N–H and O–H groups in total. The fourth-order valence-electron chi connectivity index (χ4n) is 1.81. The maximum absolute atomic E-state index is 11.7. The Hall–Kier alpha value is -1.31. The maximum Gasteiger partial charge on any atom is 0.239 e. The number of H-pyrrole nitrogens is 1. The Bertz CT molecular complexity index is 628. The van der Waals surface area contributed by atoms with Gasteiger partial charge in [0.05, 0.1) is 18.8 Å². The van der Waals surface area contributed by atoms with E-state index in [1.165, 1.54) is 0 Å². The third kappa shape index (κ3) is 6.37. The van der Waals surface area contributed by atoms with Crippen LogP contribution in [0.25, 0.3) is 11.3 Å². The molecule has 0 spiro atoms. The summed E-state index contributed by atoms with van der Waals surface area (Å²) in [6.07, 6.45) is 0. The number of halogens is 3. The van der Waals surface area contributed by atoms with Crippen LogP contribution in [0.4, 0.5) is 5.82 Å². The smallest absolute Gasteiger partial charge is 0.239 e. The number of hydrogen-bond donors (Lipinski definition) is 3. The Labute approximate surface area is 150 Å². The average molecular weight is 380 g/mol. The molecular weight excluding hydrogens is 363 g/mol. The Kier molecular flexibility index (Phi) is 8.36. The first kappa shape index (κ1) is 19.7. The van der Waals surface area contributed by atoms with Crippen molar-refractivity contribution in [2.24, 2.45) is 0 Å². The summed E-state index contributed by atoms with van der Waals surface area (Å²) in [5, 5.41) is 13.6. The molecule has 2 rings (SSSR count). The molecule has 0 atom stereocenters. The van der Waals surface area contributed by atoms with Gasteiger partial charge in [-0.3, -0.25) is 9.89 Å². The molecule has 0 saturated carbocycles. The number of aromatic nitrogens is 2. The summed E-state index contributed by atoms with van der Waals surface area (Å²) in [6, 6.07) is 6.89. The van der Waals surface area contributed by atoms with Gasteiger partial charge in [0.25, 0.3) is 0 Å². The number of carbonyl (C=O) groups is 1. The number of aromatic amines is 1. The van der Waals surface area contributed by atoms with Gasteiger partial charge in [0.15, 0.2) is 5.82 Å². The number of benzene rings is 1. The van der Waals surface area contributed by atoms with Gasteiger partial charge in [0, 0.05) is 35.3 Å². The van der Waals surface area contributed by atoms with Crippen LogP contribution in [0.5, 0.6) is 0 Å². The number of amides is 1. The fraction of sp³-hybridized carbons (Fsp3) is 0.286. The zero-order valence-corrected chi connectivity index (χ0v) is 14.7. The minimum absolute atomic E-state index is 0. The topological polar surface area (TPSA) is 79.0 Å². The van der Waals surface area contributed by atoms with Gasteiger partial charge in [-0.1, -0.05) is 23.2 Å². The second-order valence-electron chi connectivity index (χ2n) is 4.54. The number of carbonyl (C=O) groups excluding carboxylic acids is 1. The molecule has 1 aromatic carbocycles. The number of methoxy groups -OCH3 is 1.